The first-order valence-electron chi connectivity index (χ1n) is 10.3. The summed E-state index contributed by atoms with van der Waals surface area (Å²) in [7, 11) is 0. The molecule has 0 bridgehead atoms. The third-order valence-electron chi connectivity index (χ3n) is 5.55. The molecule has 3 aromatic rings. The second kappa shape index (κ2) is 9.25. The van der Waals surface area contributed by atoms with Gasteiger partial charge in [0.1, 0.15) is 17.1 Å². The number of amides is 4. The highest BCUT2D eigenvalue weighted by atomic mass is 35.5. The topological polar surface area (TPSA) is 79.6 Å². The Morgan fingerprint density at radius 3 is 2.39 bits per heavy atom. The predicted octanol–water partition coefficient (Wildman–Crippen LogP) is 6.43. The number of nitrogens with one attached hydrogen (secondary N) is 1. The van der Waals surface area contributed by atoms with E-state index in [4.69, 9.17) is 27.6 Å². The third kappa shape index (κ3) is 4.58. The number of carbonyl (C=O) groups excluding carboxylic acids is 3. The van der Waals surface area contributed by atoms with Crippen LogP contribution in [0, 0.1) is 0 Å². The van der Waals surface area contributed by atoms with Crippen molar-refractivity contribution in [2.24, 2.45) is 0 Å². The molecule has 6 nitrogen and oxygen atoms in total. The first-order valence-corrected chi connectivity index (χ1v) is 11.1. The van der Waals surface area contributed by atoms with Crippen molar-refractivity contribution in [1.29, 1.82) is 0 Å². The van der Waals surface area contributed by atoms with Gasteiger partial charge >= 0.3 is 6.03 Å². The molecule has 2 aromatic carbocycles. The number of hydrogen-bond acceptors (Lipinski definition) is 4. The summed E-state index contributed by atoms with van der Waals surface area (Å²) in [6.45, 7) is 4.19. The summed E-state index contributed by atoms with van der Waals surface area (Å²) in [5.41, 5.74) is 1.95. The maximum atomic E-state index is 13.1. The fourth-order valence-corrected chi connectivity index (χ4v) is 3.75. The molecule has 4 rings (SSSR count). The molecular weight excluding hydrogens is 463 g/mol. The summed E-state index contributed by atoms with van der Waals surface area (Å²) in [6, 6.07) is 14.7. The van der Waals surface area contributed by atoms with Gasteiger partial charge in [-0.25, -0.2) is 9.69 Å². The maximum Gasteiger partial charge on any atom is 0.335 e. The Balaban J connectivity index is 1.63. The van der Waals surface area contributed by atoms with E-state index >= 15 is 0 Å². The van der Waals surface area contributed by atoms with Crippen LogP contribution in [0.2, 0.25) is 10.0 Å². The number of carbonyl (C=O) groups is 3. The van der Waals surface area contributed by atoms with Gasteiger partial charge in [-0.05, 0) is 66.4 Å². The van der Waals surface area contributed by atoms with Crippen LogP contribution in [0.15, 0.2) is 64.6 Å². The lowest BCUT2D eigenvalue weighted by molar-refractivity contribution is -0.122. The zero-order valence-electron chi connectivity index (χ0n) is 17.9. The summed E-state index contributed by atoms with van der Waals surface area (Å²) in [5, 5.41) is 3.01. The average Bonchev–Trinajstić information content (AvgIpc) is 3.27. The Bertz CT molecular complexity index is 1280. The molecule has 33 heavy (non-hydrogen) atoms. The molecule has 1 aliphatic rings. The van der Waals surface area contributed by atoms with Crippen LogP contribution in [0.4, 0.5) is 10.5 Å². The summed E-state index contributed by atoms with van der Waals surface area (Å²) in [4.78, 5) is 38.9. The number of imide groups is 2. The van der Waals surface area contributed by atoms with E-state index in [0.29, 0.717) is 33.0 Å². The quantitative estimate of drug-likeness (QED) is 0.335. The molecule has 2 heterocycles. The molecule has 4 amide bonds. The van der Waals surface area contributed by atoms with Gasteiger partial charge in [-0.2, -0.15) is 0 Å². The largest absolute Gasteiger partial charge is 0.457 e. The fourth-order valence-electron chi connectivity index (χ4n) is 3.46. The van der Waals surface area contributed by atoms with Crippen molar-refractivity contribution < 1.29 is 18.8 Å². The van der Waals surface area contributed by atoms with Crippen LogP contribution < -0.4 is 10.2 Å². The van der Waals surface area contributed by atoms with Crippen LogP contribution in [0.25, 0.3) is 17.4 Å². The van der Waals surface area contributed by atoms with E-state index in [0.717, 1.165) is 16.9 Å². The lowest BCUT2D eigenvalue weighted by Crippen LogP contribution is -2.54. The third-order valence-corrected chi connectivity index (χ3v) is 6.29. The van der Waals surface area contributed by atoms with Crippen LogP contribution in [0.3, 0.4) is 0 Å². The zero-order chi connectivity index (χ0) is 23.7. The molecule has 1 aliphatic heterocycles. The molecule has 0 spiro atoms. The number of halogens is 2. The normalized spacial score (nSPS) is 16.3. The Kier molecular flexibility index (Phi) is 6.40. The monoisotopic (exact) mass is 482 g/mol. The first-order chi connectivity index (χ1) is 15.8. The minimum Gasteiger partial charge on any atom is -0.457 e. The van der Waals surface area contributed by atoms with Gasteiger partial charge in [0.05, 0.1) is 15.7 Å². The Morgan fingerprint density at radius 1 is 1.00 bits per heavy atom. The first kappa shape index (κ1) is 22.8. The van der Waals surface area contributed by atoms with Crippen molar-refractivity contribution in [3.8, 4) is 11.3 Å². The predicted molar refractivity (Wildman–Crippen MR) is 128 cm³/mol. The van der Waals surface area contributed by atoms with E-state index in [1.54, 1.807) is 42.5 Å². The molecule has 1 atom stereocenters. The van der Waals surface area contributed by atoms with Crippen molar-refractivity contribution in [3.05, 3.63) is 81.5 Å². The van der Waals surface area contributed by atoms with E-state index in [2.05, 4.69) is 19.2 Å². The molecule has 1 N–H and O–H groups in total. The minimum atomic E-state index is -0.797. The fraction of sp³-hybridized carbons (Fsp3) is 0.160. The van der Waals surface area contributed by atoms with Crippen molar-refractivity contribution in [2.75, 3.05) is 4.90 Å². The lowest BCUT2D eigenvalue weighted by atomic mass is 9.98. The molecule has 0 radical (unpaired) electrons. The number of nitrogens with zero attached hydrogens (tertiary/aromatic N) is 1. The summed E-state index contributed by atoms with van der Waals surface area (Å²) < 4.78 is 5.77. The van der Waals surface area contributed by atoms with Crippen molar-refractivity contribution in [3.63, 3.8) is 0 Å². The Morgan fingerprint density at radius 2 is 1.73 bits per heavy atom. The highest BCUT2D eigenvalue weighted by Gasteiger charge is 2.37. The Labute approximate surface area is 200 Å². The van der Waals surface area contributed by atoms with Gasteiger partial charge in [0.2, 0.25) is 0 Å². The van der Waals surface area contributed by atoms with Gasteiger partial charge in [0, 0.05) is 5.56 Å². The zero-order valence-corrected chi connectivity index (χ0v) is 19.4. The highest BCUT2D eigenvalue weighted by Crippen LogP contribution is 2.31. The maximum absolute atomic E-state index is 13.1. The van der Waals surface area contributed by atoms with Gasteiger partial charge in [0.15, 0.2) is 0 Å². The van der Waals surface area contributed by atoms with Crippen LogP contribution in [0.1, 0.15) is 37.5 Å². The standard InChI is InChI=1S/C25H20Cl2N2O4/c1-3-14(2)15-4-7-17(8-5-15)29-24(31)19(23(30)28-25(29)32)13-18-9-11-22(33-18)16-6-10-20(26)21(27)12-16/h4-14H,3H2,1-2H3,(H,28,30,32). The summed E-state index contributed by atoms with van der Waals surface area (Å²) in [5.74, 6) is -0.406. The van der Waals surface area contributed by atoms with Crippen LogP contribution in [-0.4, -0.2) is 17.8 Å². The van der Waals surface area contributed by atoms with E-state index in [9.17, 15) is 14.4 Å². The second-order valence-corrected chi connectivity index (χ2v) is 8.50. The van der Waals surface area contributed by atoms with E-state index < -0.39 is 17.8 Å². The SMILES string of the molecule is CCC(C)c1ccc(N2C(=O)NC(=O)C(=Cc3ccc(-c4ccc(Cl)c(Cl)c4)o3)C2=O)cc1. The molecule has 1 unspecified atom stereocenters. The molecule has 1 aromatic heterocycles. The molecule has 168 valence electrons. The van der Waals surface area contributed by atoms with E-state index in [1.807, 2.05) is 12.1 Å². The number of barbiturate groups is 1. The molecule has 8 heteroatoms. The number of rotatable bonds is 5. The van der Waals surface area contributed by atoms with Gasteiger partial charge < -0.3 is 4.42 Å². The number of anilines is 1. The number of hydrogen-bond donors (Lipinski definition) is 1. The van der Waals surface area contributed by atoms with Gasteiger partial charge in [-0.15, -0.1) is 0 Å². The number of urea groups is 1. The smallest absolute Gasteiger partial charge is 0.335 e. The molecular formula is C25H20Cl2N2O4. The highest BCUT2D eigenvalue weighted by molar-refractivity contribution is 6.42. The molecule has 0 saturated carbocycles. The van der Waals surface area contributed by atoms with Crippen LogP contribution in [0.5, 0.6) is 0 Å². The van der Waals surface area contributed by atoms with Crippen molar-refractivity contribution in [1.82, 2.24) is 5.32 Å². The molecule has 1 saturated heterocycles. The molecule has 0 aliphatic carbocycles. The second-order valence-electron chi connectivity index (χ2n) is 7.69. The number of benzene rings is 2. The minimum absolute atomic E-state index is 0.212. The van der Waals surface area contributed by atoms with Crippen molar-refractivity contribution >= 4 is 52.8 Å². The van der Waals surface area contributed by atoms with Gasteiger partial charge in [0.25, 0.3) is 11.8 Å². The average molecular weight is 483 g/mol. The number of furan rings is 1. The summed E-state index contributed by atoms with van der Waals surface area (Å²) >= 11 is 12.0. The van der Waals surface area contributed by atoms with E-state index in [-0.39, 0.29) is 11.3 Å². The van der Waals surface area contributed by atoms with Gasteiger partial charge in [-0.1, -0.05) is 49.2 Å². The van der Waals surface area contributed by atoms with Crippen LogP contribution in [-0.2, 0) is 9.59 Å². The van der Waals surface area contributed by atoms with E-state index in [1.165, 1.54) is 6.08 Å². The van der Waals surface area contributed by atoms with Crippen molar-refractivity contribution in [2.45, 2.75) is 26.2 Å². The van der Waals surface area contributed by atoms with Gasteiger partial charge in [-0.3, -0.25) is 14.9 Å². The van der Waals surface area contributed by atoms with Crippen LogP contribution >= 0.6 is 23.2 Å². The lowest BCUT2D eigenvalue weighted by Gasteiger charge is -2.26. The summed E-state index contributed by atoms with van der Waals surface area (Å²) in [6.07, 6.45) is 2.28. The molecule has 1 fully saturated rings. The Hall–Kier alpha value is -3.35.